The minimum Gasteiger partial charge on any atom is -0.488 e. The van der Waals surface area contributed by atoms with Crippen LogP contribution in [0.2, 0.25) is 0 Å². The minimum atomic E-state index is -0.303. The molecule has 0 radical (unpaired) electrons. The molecule has 0 aromatic carbocycles. The highest BCUT2D eigenvalue weighted by atomic mass is 16.5. The largest absolute Gasteiger partial charge is 0.488 e. The molecule has 1 aliphatic rings. The lowest BCUT2D eigenvalue weighted by Crippen LogP contribution is -2.45. The number of amides is 1. The van der Waals surface area contributed by atoms with E-state index in [1.807, 2.05) is 0 Å². The third-order valence-electron chi connectivity index (χ3n) is 2.51. The molecule has 80 valence electrons. The number of fused-ring (bicyclic) bond motifs is 1. The SMILES string of the molecule is CN[C@H]1COc2cnccc2N(C)C1=O. The normalized spacial score (nSPS) is 20.5. The van der Waals surface area contributed by atoms with Gasteiger partial charge in [0.25, 0.3) is 0 Å². The molecule has 0 saturated heterocycles. The van der Waals surface area contributed by atoms with Gasteiger partial charge in [-0.15, -0.1) is 0 Å². The van der Waals surface area contributed by atoms with Crippen LogP contribution in [0.5, 0.6) is 5.75 Å². The van der Waals surface area contributed by atoms with Gasteiger partial charge in [-0.2, -0.15) is 0 Å². The molecule has 1 aromatic heterocycles. The minimum absolute atomic E-state index is 0.00227. The van der Waals surface area contributed by atoms with Crippen LogP contribution >= 0.6 is 0 Å². The van der Waals surface area contributed by atoms with E-state index >= 15 is 0 Å². The van der Waals surface area contributed by atoms with Gasteiger partial charge < -0.3 is 15.0 Å². The molecule has 2 rings (SSSR count). The van der Waals surface area contributed by atoms with Gasteiger partial charge in [0.15, 0.2) is 5.75 Å². The fraction of sp³-hybridized carbons (Fsp3) is 0.400. The molecule has 1 aromatic rings. The predicted molar refractivity (Wildman–Crippen MR) is 56.0 cm³/mol. The van der Waals surface area contributed by atoms with E-state index in [-0.39, 0.29) is 11.9 Å². The highest BCUT2D eigenvalue weighted by Gasteiger charge is 2.27. The fourth-order valence-corrected chi connectivity index (χ4v) is 1.56. The average Bonchev–Trinajstić information content (AvgIpc) is 2.39. The summed E-state index contributed by atoms with van der Waals surface area (Å²) in [5.41, 5.74) is 0.757. The zero-order valence-electron chi connectivity index (χ0n) is 8.73. The summed E-state index contributed by atoms with van der Waals surface area (Å²) >= 11 is 0. The van der Waals surface area contributed by atoms with Crippen molar-refractivity contribution >= 4 is 11.6 Å². The quantitative estimate of drug-likeness (QED) is 0.705. The lowest BCUT2D eigenvalue weighted by Gasteiger charge is -2.18. The highest BCUT2D eigenvalue weighted by molar-refractivity contribution is 5.98. The number of anilines is 1. The number of pyridine rings is 1. The van der Waals surface area contributed by atoms with Crippen molar-refractivity contribution in [2.24, 2.45) is 0 Å². The molecule has 5 heteroatoms. The monoisotopic (exact) mass is 207 g/mol. The van der Waals surface area contributed by atoms with Gasteiger partial charge in [0.05, 0.1) is 11.9 Å². The van der Waals surface area contributed by atoms with Crippen molar-refractivity contribution in [2.75, 3.05) is 25.6 Å². The third kappa shape index (κ3) is 1.66. The van der Waals surface area contributed by atoms with Crippen molar-refractivity contribution in [3.63, 3.8) is 0 Å². The van der Waals surface area contributed by atoms with E-state index in [4.69, 9.17) is 4.74 Å². The maximum absolute atomic E-state index is 11.9. The number of ether oxygens (including phenoxy) is 1. The van der Waals surface area contributed by atoms with Crippen molar-refractivity contribution in [1.29, 1.82) is 0 Å². The number of carbonyl (C=O) groups is 1. The van der Waals surface area contributed by atoms with Gasteiger partial charge in [-0.3, -0.25) is 9.78 Å². The Morgan fingerprint density at radius 3 is 3.20 bits per heavy atom. The lowest BCUT2D eigenvalue weighted by atomic mass is 10.2. The van der Waals surface area contributed by atoms with Crippen LogP contribution in [0.15, 0.2) is 18.5 Å². The Morgan fingerprint density at radius 1 is 1.67 bits per heavy atom. The zero-order valence-corrected chi connectivity index (χ0v) is 8.73. The fourth-order valence-electron chi connectivity index (χ4n) is 1.56. The van der Waals surface area contributed by atoms with E-state index < -0.39 is 0 Å². The van der Waals surface area contributed by atoms with Crippen LogP contribution in [0.1, 0.15) is 0 Å². The second kappa shape index (κ2) is 3.86. The molecule has 1 aliphatic heterocycles. The van der Waals surface area contributed by atoms with Gasteiger partial charge in [0, 0.05) is 13.2 Å². The summed E-state index contributed by atoms with van der Waals surface area (Å²) in [5, 5.41) is 2.92. The molecule has 0 saturated carbocycles. The number of nitrogens with one attached hydrogen (secondary N) is 1. The van der Waals surface area contributed by atoms with Crippen LogP contribution in [0.25, 0.3) is 0 Å². The van der Waals surface area contributed by atoms with E-state index in [0.717, 1.165) is 5.69 Å². The Hall–Kier alpha value is -1.62. The van der Waals surface area contributed by atoms with Gasteiger partial charge in [-0.05, 0) is 13.1 Å². The Labute approximate surface area is 88.1 Å². The molecular weight excluding hydrogens is 194 g/mol. The van der Waals surface area contributed by atoms with E-state index in [2.05, 4.69) is 10.3 Å². The zero-order chi connectivity index (χ0) is 10.8. The highest BCUT2D eigenvalue weighted by Crippen LogP contribution is 2.28. The molecule has 0 fully saturated rings. The number of rotatable bonds is 1. The molecule has 1 N–H and O–H groups in total. The first-order valence-corrected chi connectivity index (χ1v) is 4.75. The second-order valence-corrected chi connectivity index (χ2v) is 3.39. The van der Waals surface area contributed by atoms with Crippen molar-refractivity contribution in [3.05, 3.63) is 18.5 Å². The van der Waals surface area contributed by atoms with E-state index in [1.54, 1.807) is 37.5 Å². The number of hydrogen-bond acceptors (Lipinski definition) is 4. The molecule has 0 spiro atoms. The van der Waals surface area contributed by atoms with Crippen LogP contribution in [0.4, 0.5) is 5.69 Å². The first-order valence-electron chi connectivity index (χ1n) is 4.75. The Kier molecular flexibility index (Phi) is 2.55. The maximum Gasteiger partial charge on any atom is 0.247 e. The first kappa shape index (κ1) is 9.92. The summed E-state index contributed by atoms with van der Waals surface area (Å²) in [6.45, 7) is 0.332. The molecule has 1 amide bonds. The van der Waals surface area contributed by atoms with E-state index in [9.17, 15) is 4.79 Å². The number of aromatic nitrogens is 1. The van der Waals surface area contributed by atoms with E-state index in [0.29, 0.717) is 12.4 Å². The molecule has 0 aliphatic carbocycles. The summed E-state index contributed by atoms with van der Waals surface area (Å²) in [6.07, 6.45) is 3.27. The molecule has 5 nitrogen and oxygen atoms in total. The Balaban J connectivity index is 2.39. The van der Waals surface area contributed by atoms with Crippen LogP contribution in [0.3, 0.4) is 0 Å². The van der Waals surface area contributed by atoms with Crippen LogP contribution < -0.4 is 15.0 Å². The molecule has 0 bridgehead atoms. The predicted octanol–water partition coefficient (Wildman–Crippen LogP) is 0.0248. The summed E-state index contributed by atoms with van der Waals surface area (Å²) in [6, 6.07) is 1.47. The lowest BCUT2D eigenvalue weighted by molar-refractivity contribution is -0.120. The van der Waals surface area contributed by atoms with Crippen LogP contribution in [-0.2, 0) is 4.79 Å². The van der Waals surface area contributed by atoms with Crippen molar-refractivity contribution < 1.29 is 9.53 Å². The third-order valence-corrected chi connectivity index (χ3v) is 2.51. The van der Waals surface area contributed by atoms with Crippen molar-refractivity contribution in [3.8, 4) is 5.75 Å². The topological polar surface area (TPSA) is 54.5 Å². The Bertz CT molecular complexity index is 381. The summed E-state index contributed by atoms with van der Waals surface area (Å²) in [7, 11) is 3.48. The molecular formula is C10H13N3O2. The van der Waals surface area contributed by atoms with Crippen molar-refractivity contribution in [2.45, 2.75) is 6.04 Å². The van der Waals surface area contributed by atoms with Gasteiger partial charge in [-0.25, -0.2) is 0 Å². The summed E-state index contributed by atoms with van der Waals surface area (Å²) < 4.78 is 5.51. The summed E-state index contributed by atoms with van der Waals surface area (Å²) in [5.74, 6) is 0.647. The molecule has 1 atom stereocenters. The van der Waals surface area contributed by atoms with Crippen molar-refractivity contribution in [1.82, 2.24) is 10.3 Å². The summed E-state index contributed by atoms with van der Waals surface area (Å²) in [4.78, 5) is 17.5. The Morgan fingerprint density at radius 2 is 2.47 bits per heavy atom. The molecule has 15 heavy (non-hydrogen) atoms. The number of hydrogen-bond donors (Lipinski definition) is 1. The van der Waals surface area contributed by atoms with Crippen LogP contribution in [-0.4, -0.2) is 37.6 Å². The first-order chi connectivity index (χ1) is 7.24. The van der Waals surface area contributed by atoms with Gasteiger partial charge in [0.2, 0.25) is 5.91 Å². The standard InChI is InChI=1S/C10H13N3O2/c1-11-7-6-15-9-5-12-4-3-8(9)13(2)10(7)14/h3-5,7,11H,6H2,1-2H3/t7-/m0/s1. The second-order valence-electron chi connectivity index (χ2n) is 3.39. The molecule has 0 unspecified atom stereocenters. The van der Waals surface area contributed by atoms with Gasteiger partial charge in [0.1, 0.15) is 12.6 Å². The smallest absolute Gasteiger partial charge is 0.247 e. The number of likely N-dealkylation sites (N-methyl/N-ethyl adjacent to an activating group) is 2. The molecule has 2 heterocycles. The number of carbonyl (C=O) groups excluding carboxylic acids is 1. The van der Waals surface area contributed by atoms with E-state index in [1.165, 1.54) is 0 Å². The number of nitrogens with zero attached hydrogens (tertiary/aromatic N) is 2. The maximum atomic E-state index is 11.9. The van der Waals surface area contributed by atoms with Gasteiger partial charge in [-0.1, -0.05) is 0 Å². The van der Waals surface area contributed by atoms with Crippen LogP contribution in [0, 0.1) is 0 Å². The van der Waals surface area contributed by atoms with Gasteiger partial charge >= 0.3 is 0 Å². The average molecular weight is 207 g/mol.